The molecular weight excluding hydrogens is 251 g/mol. The lowest BCUT2D eigenvalue weighted by Crippen LogP contribution is -2.33. The number of nitrogens with one attached hydrogen (secondary N) is 1. The van der Waals surface area contributed by atoms with Gasteiger partial charge in [-0.15, -0.1) is 0 Å². The number of carbonyl (C=O) groups excluding carboxylic acids is 1. The van der Waals surface area contributed by atoms with Crippen molar-refractivity contribution in [2.75, 3.05) is 25.5 Å². The summed E-state index contributed by atoms with van der Waals surface area (Å²) >= 11 is 0. The average Bonchev–Trinajstić information content (AvgIpc) is 2.32. The summed E-state index contributed by atoms with van der Waals surface area (Å²) in [6.07, 6.45) is -0.0458. The zero-order chi connectivity index (χ0) is 14.4. The van der Waals surface area contributed by atoms with Crippen molar-refractivity contribution in [1.82, 2.24) is 4.90 Å². The van der Waals surface area contributed by atoms with Crippen molar-refractivity contribution in [1.29, 1.82) is 0 Å². The van der Waals surface area contributed by atoms with Crippen molar-refractivity contribution < 1.29 is 19.0 Å². The van der Waals surface area contributed by atoms with Crippen LogP contribution in [0.25, 0.3) is 0 Å². The number of likely N-dealkylation sites (N-methyl/N-ethyl adjacent to an activating group) is 1. The minimum atomic E-state index is -0.566. The summed E-state index contributed by atoms with van der Waals surface area (Å²) in [5.74, 6) is -0.155. The summed E-state index contributed by atoms with van der Waals surface area (Å²) in [7, 11) is 1.51. The minimum Gasteiger partial charge on any atom is -0.491 e. The van der Waals surface area contributed by atoms with Gasteiger partial charge in [0.2, 0.25) is 0 Å². The van der Waals surface area contributed by atoms with Gasteiger partial charge in [0.1, 0.15) is 11.6 Å². The van der Waals surface area contributed by atoms with Crippen molar-refractivity contribution in [3.05, 3.63) is 24.0 Å². The van der Waals surface area contributed by atoms with Crippen LogP contribution < -0.4 is 10.1 Å². The molecule has 0 aliphatic rings. The Morgan fingerprint density at radius 2 is 2.21 bits per heavy atom. The number of anilines is 1. The Morgan fingerprint density at radius 1 is 1.53 bits per heavy atom. The minimum absolute atomic E-state index is 0.0458. The van der Waals surface area contributed by atoms with Crippen LogP contribution in [0, 0.1) is 5.82 Å². The lowest BCUT2D eigenvalue weighted by molar-refractivity contribution is 0.202. The van der Waals surface area contributed by atoms with Crippen LogP contribution in [0.1, 0.15) is 13.8 Å². The highest BCUT2D eigenvalue weighted by Crippen LogP contribution is 2.21. The van der Waals surface area contributed by atoms with Gasteiger partial charge in [-0.05, 0) is 26.0 Å². The highest BCUT2D eigenvalue weighted by atomic mass is 19.1. The van der Waals surface area contributed by atoms with Gasteiger partial charge in [-0.2, -0.15) is 0 Å². The van der Waals surface area contributed by atoms with Crippen LogP contribution in [0.2, 0.25) is 0 Å². The van der Waals surface area contributed by atoms with E-state index in [1.165, 1.54) is 24.1 Å². The van der Waals surface area contributed by atoms with Crippen LogP contribution in [0.5, 0.6) is 5.75 Å². The molecule has 0 aromatic heterocycles. The van der Waals surface area contributed by atoms with Crippen LogP contribution in [0.4, 0.5) is 14.9 Å². The number of aliphatic hydroxyl groups is 1. The van der Waals surface area contributed by atoms with Crippen molar-refractivity contribution in [2.24, 2.45) is 0 Å². The molecule has 0 bridgehead atoms. The van der Waals surface area contributed by atoms with Crippen LogP contribution in [0.3, 0.4) is 0 Å². The molecule has 106 valence electrons. The Labute approximate surface area is 112 Å². The first kappa shape index (κ1) is 15.2. The number of urea groups is 1. The number of hydrogen-bond donors (Lipinski definition) is 2. The lowest BCUT2D eigenvalue weighted by atomic mass is 10.3. The molecule has 0 aliphatic carbocycles. The molecule has 1 aromatic rings. The molecule has 1 aromatic carbocycles. The number of halogens is 1. The maximum absolute atomic E-state index is 13.7. The molecule has 2 amide bonds. The number of carbonyl (C=O) groups is 1. The van der Waals surface area contributed by atoms with Gasteiger partial charge in [0.15, 0.2) is 0 Å². The van der Waals surface area contributed by atoms with Crippen LogP contribution in [-0.2, 0) is 0 Å². The van der Waals surface area contributed by atoms with Gasteiger partial charge < -0.3 is 20.1 Å². The van der Waals surface area contributed by atoms with E-state index >= 15 is 0 Å². The Balaban J connectivity index is 2.72. The molecule has 5 nitrogen and oxygen atoms in total. The van der Waals surface area contributed by atoms with Gasteiger partial charge >= 0.3 is 6.03 Å². The third-order valence-electron chi connectivity index (χ3n) is 2.34. The van der Waals surface area contributed by atoms with Crippen LogP contribution in [-0.4, -0.2) is 42.3 Å². The smallest absolute Gasteiger partial charge is 0.321 e. The maximum atomic E-state index is 13.7. The third kappa shape index (κ3) is 4.75. The third-order valence-corrected chi connectivity index (χ3v) is 2.34. The molecular formula is C13H19FN2O3. The van der Waals surface area contributed by atoms with E-state index in [1.807, 2.05) is 13.8 Å². The fourth-order valence-electron chi connectivity index (χ4n) is 1.40. The first-order valence-electron chi connectivity index (χ1n) is 6.03. The molecule has 0 saturated heterocycles. The monoisotopic (exact) mass is 270 g/mol. The average molecular weight is 270 g/mol. The van der Waals surface area contributed by atoms with Crippen molar-refractivity contribution in [3.8, 4) is 5.75 Å². The molecule has 19 heavy (non-hydrogen) atoms. The van der Waals surface area contributed by atoms with Crippen molar-refractivity contribution >= 4 is 11.7 Å². The number of hydrogen-bond acceptors (Lipinski definition) is 3. The Hall–Kier alpha value is -1.82. The zero-order valence-corrected chi connectivity index (χ0v) is 11.3. The first-order chi connectivity index (χ1) is 8.93. The summed E-state index contributed by atoms with van der Waals surface area (Å²) in [6, 6.07) is 3.77. The van der Waals surface area contributed by atoms with E-state index in [0.717, 1.165) is 0 Å². The highest BCUT2D eigenvalue weighted by molar-refractivity contribution is 5.89. The van der Waals surface area contributed by atoms with Gasteiger partial charge in [-0.3, -0.25) is 0 Å². The number of rotatable bonds is 5. The predicted octanol–water partition coefficient (Wildman–Crippen LogP) is 2.07. The van der Waals surface area contributed by atoms with Gasteiger partial charge in [-0.1, -0.05) is 0 Å². The molecule has 0 spiro atoms. The van der Waals surface area contributed by atoms with E-state index < -0.39 is 11.8 Å². The molecule has 6 heteroatoms. The number of aliphatic hydroxyl groups excluding tert-OH is 1. The molecule has 0 atom stereocenters. The summed E-state index contributed by atoms with van der Waals surface area (Å²) < 4.78 is 19.1. The van der Waals surface area contributed by atoms with Gasteiger partial charge in [-0.25, -0.2) is 9.18 Å². The Bertz CT molecular complexity index is 438. The van der Waals surface area contributed by atoms with Crippen molar-refractivity contribution in [3.63, 3.8) is 0 Å². The van der Waals surface area contributed by atoms with E-state index in [2.05, 4.69) is 5.32 Å². The number of nitrogens with zero attached hydrogens (tertiary/aromatic N) is 1. The summed E-state index contributed by atoms with van der Waals surface area (Å²) in [5, 5.41) is 11.1. The SMILES string of the molecule is CC(C)Oc1ccc(NC(=O)N(C)CCO)c(F)c1. The predicted molar refractivity (Wildman–Crippen MR) is 70.9 cm³/mol. The molecule has 0 fully saturated rings. The van der Waals surface area contributed by atoms with Gasteiger partial charge in [0.05, 0.1) is 18.4 Å². The number of benzene rings is 1. The van der Waals surface area contributed by atoms with Crippen LogP contribution >= 0.6 is 0 Å². The molecule has 0 saturated carbocycles. The normalized spacial score (nSPS) is 10.4. The van der Waals surface area contributed by atoms with Gasteiger partial charge in [0, 0.05) is 19.7 Å². The van der Waals surface area contributed by atoms with E-state index in [4.69, 9.17) is 9.84 Å². The standard InChI is InChI=1S/C13H19FN2O3/c1-9(2)19-10-4-5-12(11(14)8-10)15-13(18)16(3)6-7-17/h4-5,8-9,17H,6-7H2,1-3H3,(H,15,18). The highest BCUT2D eigenvalue weighted by Gasteiger charge is 2.12. The Kier molecular flexibility index (Phi) is 5.57. The molecule has 1 rings (SSSR count). The van der Waals surface area contributed by atoms with E-state index in [0.29, 0.717) is 5.75 Å². The summed E-state index contributed by atoms with van der Waals surface area (Å²) in [4.78, 5) is 12.9. The molecule has 0 unspecified atom stereocenters. The second-order valence-corrected chi connectivity index (χ2v) is 4.38. The number of ether oxygens (including phenoxy) is 1. The molecule has 0 aliphatic heterocycles. The van der Waals surface area contributed by atoms with E-state index in [9.17, 15) is 9.18 Å². The second-order valence-electron chi connectivity index (χ2n) is 4.38. The Morgan fingerprint density at radius 3 is 2.74 bits per heavy atom. The topological polar surface area (TPSA) is 61.8 Å². The second kappa shape index (κ2) is 6.94. The lowest BCUT2D eigenvalue weighted by Gasteiger charge is -2.17. The number of amides is 2. The molecule has 0 radical (unpaired) electrons. The first-order valence-corrected chi connectivity index (χ1v) is 6.03. The largest absolute Gasteiger partial charge is 0.491 e. The van der Waals surface area contributed by atoms with E-state index in [-0.39, 0.29) is 24.9 Å². The van der Waals surface area contributed by atoms with Gasteiger partial charge in [0.25, 0.3) is 0 Å². The van der Waals surface area contributed by atoms with Crippen LogP contribution in [0.15, 0.2) is 18.2 Å². The fraction of sp³-hybridized carbons (Fsp3) is 0.462. The fourth-order valence-corrected chi connectivity index (χ4v) is 1.40. The maximum Gasteiger partial charge on any atom is 0.321 e. The van der Waals surface area contributed by atoms with Crippen molar-refractivity contribution in [2.45, 2.75) is 20.0 Å². The summed E-state index contributed by atoms with van der Waals surface area (Å²) in [5.41, 5.74) is 0.0749. The molecule has 2 N–H and O–H groups in total. The molecule has 0 heterocycles. The quantitative estimate of drug-likeness (QED) is 0.861. The van der Waals surface area contributed by atoms with E-state index in [1.54, 1.807) is 6.07 Å². The summed E-state index contributed by atoms with van der Waals surface area (Å²) in [6.45, 7) is 3.73. The zero-order valence-electron chi connectivity index (χ0n) is 11.3.